The zero-order chi connectivity index (χ0) is 30.6. The van der Waals surface area contributed by atoms with Crippen LogP contribution >= 0.6 is 11.8 Å². The number of aliphatic imine (C=N–C) groups is 1. The van der Waals surface area contributed by atoms with Crippen LogP contribution in [0.2, 0.25) is 0 Å². The summed E-state index contributed by atoms with van der Waals surface area (Å²) in [5, 5.41) is 7.60. The van der Waals surface area contributed by atoms with Crippen LogP contribution in [0.15, 0.2) is 78.0 Å². The molecule has 1 N–H and O–H groups in total. The Bertz CT molecular complexity index is 1670. The number of anilines is 1. The van der Waals surface area contributed by atoms with Gasteiger partial charge in [0, 0.05) is 12.1 Å². The van der Waals surface area contributed by atoms with Crippen LogP contribution in [0, 0.1) is 6.92 Å². The molecule has 1 fully saturated rings. The molecule has 1 aliphatic rings. The van der Waals surface area contributed by atoms with Crippen LogP contribution in [0.3, 0.4) is 0 Å². The number of carbonyl (C=O) groups excluding carboxylic acids is 2. The summed E-state index contributed by atoms with van der Waals surface area (Å²) in [4.78, 5) is 35.5. The first-order valence-electron chi connectivity index (χ1n) is 13.4. The van der Waals surface area contributed by atoms with E-state index in [1.807, 2.05) is 56.3 Å². The van der Waals surface area contributed by atoms with Gasteiger partial charge in [0.05, 0.1) is 17.1 Å². The number of halogens is 3. The molecule has 13 heteroatoms. The molecule has 4 aromatic rings. The summed E-state index contributed by atoms with van der Waals surface area (Å²) in [6, 6.07) is 18.1. The zero-order valence-corrected chi connectivity index (χ0v) is 24.1. The lowest BCUT2D eigenvalue weighted by molar-refractivity contribution is -0.274. The number of rotatable bonds is 8. The van der Waals surface area contributed by atoms with E-state index in [4.69, 9.17) is 0 Å². The molecule has 5 rings (SSSR count). The van der Waals surface area contributed by atoms with Gasteiger partial charge in [-0.2, -0.15) is 4.99 Å². The Morgan fingerprint density at radius 3 is 2.63 bits per heavy atom. The molecule has 0 aliphatic carbocycles. The number of alkyl halides is 3. The van der Waals surface area contributed by atoms with Gasteiger partial charge in [-0.15, -0.1) is 18.3 Å². The number of hydrogen-bond donors (Lipinski definition) is 1. The average Bonchev–Trinajstić information content (AvgIpc) is 3.60. The molecule has 1 aliphatic heterocycles. The van der Waals surface area contributed by atoms with Crippen LogP contribution in [0.1, 0.15) is 23.6 Å². The summed E-state index contributed by atoms with van der Waals surface area (Å²) < 4.78 is 42.6. The summed E-state index contributed by atoms with van der Waals surface area (Å²) in [5.74, 6) is 0.213. The second kappa shape index (κ2) is 12.7. The van der Waals surface area contributed by atoms with Crippen molar-refractivity contribution in [1.82, 2.24) is 20.1 Å². The van der Waals surface area contributed by atoms with Crippen molar-refractivity contribution >= 4 is 34.6 Å². The molecule has 3 aromatic carbocycles. The fourth-order valence-corrected chi connectivity index (χ4v) is 5.47. The second-order valence-corrected chi connectivity index (χ2v) is 10.5. The highest BCUT2D eigenvalue weighted by molar-refractivity contribution is 8.15. The maximum atomic E-state index is 12.7. The summed E-state index contributed by atoms with van der Waals surface area (Å²) in [6.45, 7) is 4.27. The van der Waals surface area contributed by atoms with Gasteiger partial charge in [-0.1, -0.05) is 55.1 Å². The van der Waals surface area contributed by atoms with Crippen LogP contribution < -0.4 is 15.0 Å². The van der Waals surface area contributed by atoms with Crippen LogP contribution in [-0.2, 0) is 17.6 Å². The van der Waals surface area contributed by atoms with Crippen molar-refractivity contribution < 1.29 is 27.5 Å². The quantitative estimate of drug-likeness (QED) is 0.260. The van der Waals surface area contributed by atoms with Crippen molar-refractivity contribution in [1.29, 1.82) is 0 Å². The van der Waals surface area contributed by atoms with Gasteiger partial charge in [0.25, 0.3) is 0 Å². The molecule has 0 saturated carbocycles. The summed E-state index contributed by atoms with van der Waals surface area (Å²) in [7, 11) is 0. The molecule has 43 heavy (non-hydrogen) atoms. The minimum atomic E-state index is -4.76. The molecule has 9 nitrogen and oxygen atoms in total. The maximum Gasteiger partial charge on any atom is 0.573 e. The third kappa shape index (κ3) is 7.23. The number of ether oxygens (including phenoxy) is 1. The average molecular weight is 609 g/mol. The lowest BCUT2D eigenvalue weighted by atomic mass is 10.0. The van der Waals surface area contributed by atoms with E-state index < -0.39 is 12.4 Å². The Labute approximate surface area is 249 Å². The van der Waals surface area contributed by atoms with Crippen LogP contribution in [0.4, 0.5) is 23.7 Å². The Kier molecular flexibility index (Phi) is 8.81. The number of benzene rings is 3. The highest BCUT2D eigenvalue weighted by atomic mass is 32.2. The third-order valence-electron chi connectivity index (χ3n) is 6.59. The first-order chi connectivity index (χ1) is 20.6. The highest BCUT2D eigenvalue weighted by Gasteiger charge is 2.33. The second-order valence-electron chi connectivity index (χ2n) is 9.59. The van der Waals surface area contributed by atoms with E-state index in [9.17, 15) is 22.8 Å². The number of amides is 3. The molecule has 0 radical (unpaired) electrons. The highest BCUT2D eigenvalue weighted by Crippen LogP contribution is 2.33. The van der Waals surface area contributed by atoms with E-state index in [1.54, 1.807) is 4.90 Å². The fraction of sp³-hybridized carbons (Fsp3) is 0.233. The number of thioether (sulfide) groups is 1. The Morgan fingerprint density at radius 2 is 1.88 bits per heavy atom. The van der Waals surface area contributed by atoms with Gasteiger partial charge >= 0.3 is 12.4 Å². The van der Waals surface area contributed by atoms with E-state index in [0.717, 1.165) is 34.4 Å². The van der Waals surface area contributed by atoms with Crippen molar-refractivity contribution in [3.05, 3.63) is 89.7 Å². The third-order valence-corrected chi connectivity index (χ3v) is 7.51. The lowest BCUT2D eigenvalue weighted by Crippen LogP contribution is -2.33. The molecular weight excluding hydrogens is 581 g/mol. The SMILES string of the molecule is CCc1cccc(C)c1N1C(=O)CSC1=NC(=O)NCCc1cccc(-c2ncn(-c3ccc(OC(F)(F)F)cc3)n2)c1. The molecule has 3 amide bonds. The predicted octanol–water partition coefficient (Wildman–Crippen LogP) is 6.09. The van der Waals surface area contributed by atoms with E-state index in [2.05, 4.69) is 25.1 Å². The molecular formula is C30H27F3N6O3S. The number of nitrogens with zero attached hydrogens (tertiary/aromatic N) is 5. The van der Waals surface area contributed by atoms with Gasteiger partial charge < -0.3 is 10.1 Å². The summed E-state index contributed by atoms with van der Waals surface area (Å²) >= 11 is 1.24. The van der Waals surface area contributed by atoms with Crippen LogP contribution in [-0.4, -0.2) is 50.5 Å². The lowest BCUT2D eigenvalue weighted by Gasteiger charge is -2.21. The molecule has 1 aromatic heterocycles. The van der Waals surface area contributed by atoms with Gasteiger partial charge in [0.15, 0.2) is 11.0 Å². The Morgan fingerprint density at radius 1 is 1.12 bits per heavy atom. The number of hydrogen-bond acceptors (Lipinski definition) is 6. The molecule has 0 unspecified atom stereocenters. The van der Waals surface area contributed by atoms with E-state index >= 15 is 0 Å². The number of aryl methyl sites for hydroxylation is 2. The largest absolute Gasteiger partial charge is 0.573 e. The fourth-order valence-electron chi connectivity index (χ4n) is 4.62. The van der Waals surface area contributed by atoms with Gasteiger partial charge in [-0.25, -0.2) is 14.5 Å². The van der Waals surface area contributed by atoms with Gasteiger partial charge in [-0.3, -0.25) is 9.69 Å². The number of para-hydroxylation sites is 1. The topological polar surface area (TPSA) is 102 Å². The Hall–Kier alpha value is -4.65. The van der Waals surface area contributed by atoms with E-state index in [-0.39, 0.29) is 17.4 Å². The monoisotopic (exact) mass is 608 g/mol. The standard InChI is InChI=1S/C30H27F3N6O3S/c1-3-21-8-4-6-19(2)26(21)39-25(40)17-43-29(39)36-28(41)34-15-14-20-7-5-9-22(16-20)27-35-18-38(37-27)23-10-12-24(13-11-23)42-30(31,32)33/h4-13,16,18H,3,14-15,17H2,1-2H3,(H,34,41). The van der Waals surface area contributed by atoms with Crippen LogP contribution in [0.25, 0.3) is 17.1 Å². The molecule has 1 saturated heterocycles. The minimum Gasteiger partial charge on any atom is -0.406 e. The Balaban J connectivity index is 1.21. The normalized spacial score (nSPS) is 14.4. The maximum absolute atomic E-state index is 12.7. The van der Waals surface area contributed by atoms with Gasteiger partial charge in [0.1, 0.15) is 12.1 Å². The predicted molar refractivity (Wildman–Crippen MR) is 159 cm³/mol. The van der Waals surface area contributed by atoms with Crippen molar-refractivity contribution in [2.24, 2.45) is 4.99 Å². The van der Waals surface area contributed by atoms with Crippen molar-refractivity contribution in [3.8, 4) is 22.8 Å². The van der Waals surface area contributed by atoms with Crippen molar-refractivity contribution in [3.63, 3.8) is 0 Å². The van der Waals surface area contributed by atoms with Crippen molar-refractivity contribution in [2.45, 2.75) is 33.1 Å². The minimum absolute atomic E-state index is 0.110. The van der Waals surface area contributed by atoms with E-state index in [1.165, 1.54) is 47.0 Å². The number of urea groups is 1. The molecule has 0 atom stereocenters. The van der Waals surface area contributed by atoms with Gasteiger partial charge in [-0.05, 0) is 66.8 Å². The summed E-state index contributed by atoms with van der Waals surface area (Å²) in [6.07, 6.45) is -2.04. The van der Waals surface area contributed by atoms with E-state index in [0.29, 0.717) is 29.6 Å². The number of aromatic nitrogens is 3. The zero-order valence-electron chi connectivity index (χ0n) is 23.3. The first kappa shape index (κ1) is 29.8. The first-order valence-corrected chi connectivity index (χ1v) is 14.4. The summed E-state index contributed by atoms with van der Waals surface area (Å²) in [5.41, 5.74) is 4.92. The smallest absolute Gasteiger partial charge is 0.406 e. The number of amidine groups is 1. The molecule has 0 spiro atoms. The number of carbonyl (C=O) groups is 2. The molecule has 2 heterocycles. The molecule has 222 valence electrons. The van der Waals surface area contributed by atoms with Gasteiger partial charge in [0.2, 0.25) is 5.91 Å². The number of nitrogens with one attached hydrogen (secondary N) is 1. The molecule has 0 bridgehead atoms. The van der Waals surface area contributed by atoms with Crippen molar-refractivity contribution in [2.75, 3.05) is 17.2 Å². The van der Waals surface area contributed by atoms with Crippen LogP contribution in [0.5, 0.6) is 5.75 Å².